The Morgan fingerprint density at radius 1 is 1.43 bits per heavy atom. The Hall–Kier alpha value is -1.14. The van der Waals surface area contributed by atoms with Gasteiger partial charge in [-0.15, -0.1) is 0 Å². The van der Waals surface area contributed by atoms with Gasteiger partial charge in [0, 0.05) is 26.3 Å². The summed E-state index contributed by atoms with van der Waals surface area (Å²) in [7, 11) is 1.63. The first-order valence-electron chi connectivity index (χ1n) is 7.80. The van der Waals surface area contributed by atoms with E-state index in [1.165, 1.54) is 0 Å². The maximum atomic E-state index is 11.9. The molecule has 120 valence electrons. The molecule has 0 aromatic carbocycles. The number of likely N-dealkylation sites (tertiary alicyclic amines) is 1. The van der Waals surface area contributed by atoms with E-state index in [-0.39, 0.29) is 5.91 Å². The van der Waals surface area contributed by atoms with Crippen molar-refractivity contribution >= 4 is 11.9 Å². The van der Waals surface area contributed by atoms with Gasteiger partial charge in [0.2, 0.25) is 5.91 Å². The second kappa shape index (κ2) is 7.22. The number of carbonyl (C=O) groups is 2. The molecule has 0 aromatic rings. The van der Waals surface area contributed by atoms with E-state index >= 15 is 0 Å². The number of nitrogens with zero attached hydrogens (tertiary/aromatic N) is 1. The molecular formula is C15H26N2O4. The number of ether oxygens (including phenoxy) is 1. The zero-order chi connectivity index (χ0) is 15.3. The third-order valence-corrected chi connectivity index (χ3v) is 4.42. The van der Waals surface area contributed by atoms with Gasteiger partial charge in [0.25, 0.3) is 0 Å². The molecular weight excluding hydrogens is 272 g/mol. The number of piperidine rings is 1. The molecule has 2 fully saturated rings. The van der Waals surface area contributed by atoms with Crippen LogP contribution in [0.25, 0.3) is 0 Å². The zero-order valence-corrected chi connectivity index (χ0v) is 12.8. The van der Waals surface area contributed by atoms with Gasteiger partial charge in [-0.25, -0.2) is 0 Å². The molecule has 6 nitrogen and oxygen atoms in total. The van der Waals surface area contributed by atoms with E-state index in [0.717, 1.165) is 32.2 Å². The van der Waals surface area contributed by atoms with Gasteiger partial charge in [0.05, 0.1) is 12.0 Å². The van der Waals surface area contributed by atoms with Gasteiger partial charge < -0.3 is 15.2 Å². The molecule has 1 heterocycles. The van der Waals surface area contributed by atoms with Crippen LogP contribution in [-0.4, -0.2) is 61.3 Å². The van der Waals surface area contributed by atoms with Crippen LogP contribution in [0.15, 0.2) is 0 Å². The van der Waals surface area contributed by atoms with E-state index in [4.69, 9.17) is 4.74 Å². The lowest BCUT2D eigenvalue weighted by Crippen LogP contribution is -2.50. The number of aliphatic carboxylic acids is 1. The number of rotatable bonds is 8. The number of carbonyl (C=O) groups excluding carboxylic acids is 1. The van der Waals surface area contributed by atoms with Crippen molar-refractivity contribution in [3.8, 4) is 0 Å². The van der Waals surface area contributed by atoms with E-state index < -0.39 is 11.4 Å². The molecule has 1 aliphatic heterocycles. The first-order chi connectivity index (χ1) is 10.1. The lowest BCUT2D eigenvalue weighted by molar-refractivity contribution is -0.154. The van der Waals surface area contributed by atoms with E-state index in [1.54, 1.807) is 7.11 Å². The smallest absolute Gasteiger partial charge is 0.310 e. The molecule has 0 bridgehead atoms. The number of carboxylic acids is 1. The van der Waals surface area contributed by atoms with Gasteiger partial charge in [0.1, 0.15) is 0 Å². The van der Waals surface area contributed by atoms with Crippen LogP contribution in [0.5, 0.6) is 0 Å². The second-order valence-corrected chi connectivity index (χ2v) is 6.34. The van der Waals surface area contributed by atoms with Crippen LogP contribution in [0.4, 0.5) is 0 Å². The quantitative estimate of drug-likeness (QED) is 0.650. The molecule has 2 rings (SSSR count). The third-order valence-electron chi connectivity index (χ3n) is 4.42. The molecule has 1 aliphatic carbocycles. The van der Waals surface area contributed by atoms with Crippen molar-refractivity contribution in [3.05, 3.63) is 0 Å². The average molecular weight is 298 g/mol. The molecule has 2 N–H and O–H groups in total. The summed E-state index contributed by atoms with van der Waals surface area (Å²) in [5.41, 5.74) is -0.726. The predicted molar refractivity (Wildman–Crippen MR) is 78.0 cm³/mol. The van der Waals surface area contributed by atoms with Crippen LogP contribution in [0.1, 0.15) is 38.5 Å². The lowest BCUT2D eigenvalue weighted by Gasteiger charge is -2.39. The van der Waals surface area contributed by atoms with E-state index in [0.29, 0.717) is 38.6 Å². The third kappa shape index (κ3) is 4.68. The van der Waals surface area contributed by atoms with Crippen LogP contribution in [0.3, 0.4) is 0 Å². The fraction of sp³-hybridized carbons (Fsp3) is 0.867. The number of methoxy groups -OCH3 is 1. The molecule has 1 saturated heterocycles. The summed E-state index contributed by atoms with van der Waals surface area (Å²) in [4.78, 5) is 25.6. The lowest BCUT2D eigenvalue weighted by atomic mass is 9.76. The molecule has 21 heavy (non-hydrogen) atoms. The SMILES string of the molecule is COCCC[C@@]1(C(=O)O)CCCN(CC(=O)NC2CC2)C1. The van der Waals surface area contributed by atoms with Crippen LogP contribution in [0.2, 0.25) is 0 Å². The number of hydrogen-bond donors (Lipinski definition) is 2. The molecule has 0 unspecified atom stereocenters. The van der Waals surface area contributed by atoms with Gasteiger partial charge in [-0.1, -0.05) is 0 Å². The standard InChI is InChI=1S/C15H26N2O4/c1-21-9-3-7-15(14(19)20)6-2-8-17(11-15)10-13(18)16-12-4-5-12/h12H,2-11H2,1H3,(H,16,18)(H,19,20)/t15-/m0/s1. The maximum Gasteiger partial charge on any atom is 0.310 e. The van der Waals surface area contributed by atoms with Gasteiger partial charge in [-0.05, 0) is 45.1 Å². The monoisotopic (exact) mass is 298 g/mol. The minimum absolute atomic E-state index is 0.0237. The maximum absolute atomic E-state index is 11.9. The number of amides is 1. The predicted octanol–water partition coefficient (Wildman–Crippen LogP) is 0.858. The molecule has 2 aliphatic rings. The Morgan fingerprint density at radius 2 is 2.19 bits per heavy atom. The summed E-state index contributed by atoms with van der Waals surface area (Å²) in [5, 5.41) is 12.6. The zero-order valence-electron chi connectivity index (χ0n) is 12.8. The van der Waals surface area contributed by atoms with Gasteiger partial charge in [-0.3, -0.25) is 14.5 Å². The number of carboxylic acid groups (broad SMARTS) is 1. The van der Waals surface area contributed by atoms with Crippen molar-refractivity contribution in [2.45, 2.75) is 44.6 Å². The summed E-state index contributed by atoms with van der Waals surface area (Å²) in [5.74, 6) is -0.721. The van der Waals surface area contributed by atoms with Crippen LogP contribution >= 0.6 is 0 Å². The summed E-state index contributed by atoms with van der Waals surface area (Å²) in [6, 6.07) is 0.355. The highest BCUT2D eigenvalue weighted by Gasteiger charge is 2.42. The van der Waals surface area contributed by atoms with Gasteiger partial charge in [-0.2, -0.15) is 0 Å². The minimum Gasteiger partial charge on any atom is -0.481 e. The molecule has 1 atom stereocenters. The summed E-state index contributed by atoms with van der Waals surface area (Å²) in [6.45, 7) is 2.16. The first kappa shape index (κ1) is 16.2. The van der Waals surface area contributed by atoms with E-state index in [2.05, 4.69) is 5.32 Å². The second-order valence-electron chi connectivity index (χ2n) is 6.34. The average Bonchev–Trinajstić information content (AvgIpc) is 3.23. The Balaban J connectivity index is 1.88. The molecule has 0 radical (unpaired) electrons. The number of nitrogens with one attached hydrogen (secondary N) is 1. The molecule has 0 spiro atoms. The summed E-state index contributed by atoms with van der Waals surface area (Å²) < 4.78 is 5.03. The highest BCUT2D eigenvalue weighted by atomic mass is 16.5. The fourth-order valence-corrected chi connectivity index (χ4v) is 3.11. The van der Waals surface area contributed by atoms with Crippen molar-refractivity contribution < 1.29 is 19.4 Å². The topological polar surface area (TPSA) is 78.9 Å². The Morgan fingerprint density at radius 3 is 2.81 bits per heavy atom. The number of hydrogen-bond acceptors (Lipinski definition) is 4. The van der Waals surface area contributed by atoms with E-state index in [9.17, 15) is 14.7 Å². The van der Waals surface area contributed by atoms with Gasteiger partial charge >= 0.3 is 5.97 Å². The largest absolute Gasteiger partial charge is 0.481 e. The molecule has 1 saturated carbocycles. The van der Waals surface area contributed by atoms with Crippen molar-refractivity contribution in [2.24, 2.45) is 5.41 Å². The first-order valence-corrected chi connectivity index (χ1v) is 7.80. The molecule has 1 amide bonds. The van der Waals surface area contributed by atoms with Crippen LogP contribution < -0.4 is 5.32 Å². The Bertz CT molecular complexity index is 384. The fourth-order valence-electron chi connectivity index (χ4n) is 3.11. The van der Waals surface area contributed by atoms with Crippen molar-refractivity contribution in [1.29, 1.82) is 0 Å². The van der Waals surface area contributed by atoms with Crippen molar-refractivity contribution in [1.82, 2.24) is 10.2 Å². The van der Waals surface area contributed by atoms with Crippen molar-refractivity contribution in [3.63, 3.8) is 0 Å². The normalized spacial score (nSPS) is 26.5. The van der Waals surface area contributed by atoms with Crippen LogP contribution in [0, 0.1) is 5.41 Å². The highest BCUT2D eigenvalue weighted by Crippen LogP contribution is 2.35. The van der Waals surface area contributed by atoms with Crippen molar-refractivity contribution in [2.75, 3.05) is 33.4 Å². The summed E-state index contributed by atoms with van der Waals surface area (Å²) in [6.07, 6.45) is 5.01. The van der Waals surface area contributed by atoms with E-state index in [1.807, 2.05) is 4.90 Å². The minimum atomic E-state index is -0.745. The van der Waals surface area contributed by atoms with Crippen LogP contribution in [-0.2, 0) is 14.3 Å². The Labute approximate surface area is 125 Å². The molecule has 6 heteroatoms. The summed E-state index contributed by atoms with van der Waals surface area (Å²) >= 11 is 0. The molecule has 0 aromatic heterocycles. The Kier molecular flexibility index (Phi) is 5.58. The van der Waals surface area contributed by atoms with Gasteiger partial charge in [0.15, 0.2) is 0 Å². The highest BCUT2D eigenvalue weighted by molar-refractivity contribution is 5.79.